The van der Waals surface area contributed by atoms with Crippen LogP contribution >= 0.6 is 11.3 Å². The number of carbonyl (C=O) groups is 4. The minimum absolute atomic E-state index is 0.123. The van der Waals surface area contributed by atoms with Crippen molar-refractivity contribution < 1.29 is 23.9 Å². The van der Waals surface area contributed by atoms with Crippen LogP contribution in [0.3, 0.4) is 0 Å². The highest BCUT2D eigenvalue weighted by Crippen LogP contribution is 2.27. The number of hydrogen-bond donors (Lipinski definition) is 3. The lowest BCUT2D eigenvalue weighted by atomic mass is 10.1. The molecule has 1 aliphatic rings. The van der Waals surface area contributed by atoms with Crippen LogP contribution in [0.5, 0.6) is 0 Å². The molecule has 0 fully saturated rings. The monoisotopic (exact) mass is 464 g/mol. The van der Waals surface area contributed by atoms with Gasteiger partial charge in [0.1, 0.15) is 6.04 Å². The Bertz CT molecular complexity index is 1220. The van der Waals surface area contributed by atoms with E-state index in [4.69, 9.17) is 4.74 Å². The van der Waals surface area contributed by atoms with Gasteiger partial charge >= 0.3 is 5.97 Å². The number of aromatic nitrogens is 1. The third-order valence-corrected chi connectivity index (χ3v) is 5.94. The Labute approximate surface area is 193 Å². The number of rotatable bonds is 6. The maximum absolute atomic E-state index is 12.6. The van der Waals surface area contributed by atoms with E-state index in [0.717, 1.165) is 16.9 Å². The number of para-hydroxylation sites is 1. The highest BCUT2D eigenvalue weighted by Gasteiger charge is 2.30. The Balaban J connectivity index is 1.47. The maximum Gasteiger partial charge on any atom is 0.357 e. The smallest absolute Gasteiger partial charge is 0.357 e. The van der Waals surface area contributed by atoms with Gasteiger partial charge in [-0.3, -0.25) is 14.4 Å². The van der Waals surface area contributed by atoms with Crippen molar-refractivity contribution in [3.8, 4) is 0 Å². The molecule has 1 aliphatic heterocycles. The molecular formula is C23H20N4O5S. The topological polar surface area (TPSA) is 126 Å². The highest BCUT2D eigenvalue weighted by molar-refractivity contribution is 7.16. The Kier molecular flexibility index (Phi) is 6.45. The first kappa shape index (κ1) is 22.2. The molecule has 0 radical (unpaired) electrons. The minimum Gasteiger partial charge on any atom is -0.464 e. The van der Waals surface area contributed by atoms with Gasteiger partial charge in [0, 0.05) is 11.3 Å². The molecule has 9 nitrogen and oxygen atoms in total. The molecule has 168 valence electrons. The molecule has 4 rings (SSSR count). The molecule has 0 saturated heterocycles. The molecule has 3 aromatic rings. The van der Waals surface area contributed by atoms with Crippen LogP contribution < -0.4 is 16.0 Å². The number of anilines is 2. The third kappa shape index (κ3) is 5.07. The molecule has 3 amide bonds. The molecular weight excluding hydrogens is 444 g/mol. The zero-order valence-electron chi connectivity index (χ0n) is 17.6. The molecule has 10 heteroatoms. The normalized spacial score (nSPS) is 15.0. The van der Waals surface area contributed by atoms with E-state index < -0.39 is 29.7 Å². The second-order valence-electron chi connectivity index (χ2n) is 7.26. The van der Waals surface area contributed by atoms with Crippen LogP contribution in [-0.2, 0) is 20.7 Å². The molecule has 0 saturated carbocycles. The maximum atomic E-state index is 12.6. The molecule has 2 aromatic carbocycles. The van der Waals surface area contributed by atoms with Crippen LogP contribution in [-0.4, -0.2) is 41.8 Å². The van der Waals surface area contributed by atoms with Gasteiger partial charge < -0.3 is 20.7 Å². The summed E-state index contributed by atoms with van der Waals surface area (Å²) in [6.45, 7) is 0. The first-order chi connectivity index (χ1) is 15.9. The van der Waals surface area contributed by atoms with Crippen molar-refractivity contribution in [1.29, 1.82) is 0 Å². The average molecular weight is 465 g/mol. The van der Waals surface area contributed by atoms with Crippen LogP contribution in [0.4, 0.5) is 10.8 Å². The van der Waals surface area contributed by atoms with Crippen LogP contribution in [0.25, 0.3) is 0 Å². The van der Waals surface area contributed by atoms with E-state index in [1.54, 1.807) is 24.3 Å². The molecule has 2 heterocycles. The molecule has 1 unspecified atom stereocenters. The zero-order chi connectivity index (χ0) is 23.4. The van der Waals surface area contributed by atoms with Crippen molar-refractivity contribution in [1.82, 2.24) is 10.3 Å². The number of hydrogen-bond acceptors (Lipinski definition) is 7. The van der Waals surface area contributed by atoms with Gasteiger partial charge in [-0.15, -0.1) is 11.3 Å². The van der Waals surface area contributed by atoms with Gasteiger partial charge in [-0.25, -0.2) is 9.78 Å². The van der Waals surface area contributed by atoms with Crippen molar-refractivity contribution >= 4 is 45.8 Å². The van der Waals surface area contributed by atoms with E-state index in [1.807, 2.05) is 30.3 Å². The van der Waals surface area contributed by atoms with Gasteiger partial charge in [0.2, 0.25) is 11.8 Å². The predicted molar refractivity (Wildman–Crippen MR) is 122 cm³/mol. The van der Waals surface area contributed by atoms with Gasteiger partial charge in [-0.05, 0) is 17.7 Å². The van der Waals surface area contributed by atoms with Gasteiger partial charge in [0.05, 0.1) is 24.8 Å². The van der Waals surface area contributed by atoms with Crippen molar-refractivity contribution in [3.05, 3.63) is 76.3 Å². The molecule has 3 N–H and O–H groups in total. The van der Waals surface area contributed by atoms with E-state index in [-0.39, 0.29) is 17.2 Å². The first-order valence-electron chi connectivity index (χ1n) is 10.1. The van der Waals surface area contributed by atoms with E-state index in [0.29, 0.717) is 22.5 Å². The Morgan fingerprint density at radius 2 is 1.82 bits per heavy atom. The number of ether oxygens (including phenoxy) is 1. The van der Waals surface area contributed by atoms with E-state index in [9.17, 15) is 19.2 Å². The molecule has 1 aromatic heterocycles. The number of amides is 3. The summed E-state index contributed by atoms with van der Waals surface area (Å²) in [4.78, 5) is 54.6. The first-order valence-corrected chi connectivity index (χ1v) is 10.9. The Hall–Kier alpha value is -4.05. The number of carbonyl (C=O) groups excluding carboxylic acids is 4. The standard InChI is InChI=1S/C23H20N4O5S/c1-32-22(31)19-17(11-13-7-3-2-4-8-13)33-23(27-19)26-18(28)12-16-21(30)24-15-10-6-5-9-14(15)20(29)25-16/h2-10,16H,11-12H2,1H3,(H,24,30)(H,25,29)(H,26,27,28). The molecule has 0 bridgehead atoms. The largest absolute Gasteiger partial charge is 0.464 e. The third-order valence-electron chi connectivity index (χ3n) is 4.97. The lowest BCUT2D eigenvalue weighted by Crippen LogP contribution is -2.43. The van der Waals surface area contributed by atoms with Crippen molar-refractivity contribution in [2.45, 2.75) is 18.9 Å². The van der Waals surface area contributed by atoms with Gasteiger partial charge in [-0.1, -0.05) is 42.5 Å². The Morgan fingerprint density at radius 3 is 2.58 bits per heavy atom. The fraction of sp³-hybridized carbons (Fsp3) is 0.174. The summed E-state index contributed by atoms with van der Waals surface area (Å²) in [5.74, 6) is -2.08. The minimum atomic E-state index is -1.06. The summed E-state index contributed by atoms with van der Waals surface area (Å²) < 4.78 is 4.82. The number of esters is 1. The number of benzene rings is 2. The fourth-order valence-electron chi connectivity index (χ4n) is 3.37. The quantitative estimate of drug-likeness (QED) is 0.482. The lowest BCUT2D eigenvalue weighted by molar-refractivity contribution is -0.122. The molecule has 33 heavy (non-hydrogen) atoms. The summed E-state index contributed by atoms with van der Waals surface area (Å²) in [6, 6.07) is 15.0. The van der Waals surface area contributed by atoms with Crippen LogP contribution in [0.15, 0.2) is 54.6 Å². The van der Waals surface area contributed by atoms with E-state index >= 15 is 0 Å². The SMILES string of the molecule is COC(=O)c1nc(NC(=O)CC2NC(=O)c3ccccc3NC2=O)sc1Cc1ccccc1. The number of nitrogens with zero attached hydrogens (tertiary/aromatic N) is 1. The summed E-state index contributed by atoms with van der Waals surface area (Å²) in [6.07, 6.45) is 0.144. The van der Waals surface area contributed by atoms with Crippen LogP contribution in [0.1, 0.15) is 37.7 Å². The van der Waals surface area contributed by atoms with Crippen molar-refractivity contribution in [3.63, 3.8) is 0 Å². The summed E-state index contributed by atoms with van der Waals surface area (Å²) in [5, 5.41) is 8.06. The Morgan fingerprint density at radius 1 is 1.09 bits per heavy atom. The van der Waals surface area contributed by atoms with Crippen molar-refractivity contribution in [2.24, 2.45) is 0 Å². The van der Waals surface area contributed by atoms with Gasteiger partial charge in [-0.2, -0.15) is 0 Å². The summed E-state index contributed by atoms with van der Waals surface area (Å²) in [7, 11) is 1.26. The van der Waals surface area contributed by atoms with Gasteiger partial charge in [0.15, 0.2) is 10.8 Å². The average Bonchev–Trinajstić information content (AvgIpc) is 3.15. The van der Waals surface area contributed by atoms with E-state index in [1.165, 1.54) is 7.11 Å². The van der Waals surface area contributed by atoms with Crippen LogP contribution in [0.2, 0.25) is 0 Å². The summed E-state index contributed by atoms with van der Waals surface area (Å²) >= 11 is 1.15. The second-order valence-corrected chi connectivity index (χ2v) is 8.34. The zero-order valence-corrected chi connectivity index (χ0v) is 18.4. The molecule has 0 aliphatic carbocycles. The number of thiazole rings is 1. The number of nitrogens with one attached hydrogen (secondary N) is 3. The predicted octanol–water partition coefficient (Wildman–Crippen LogP) is 2.60. The fourth-order valence-corrected chi connectivity index (χ4v) is 4.37. The number of fused-ring (bicyclic) bond motifs is 1. The van der Waals surface area contributed by atoms with Crippen LogP contribution in [0, 0.1) is 0 Å². The van der Waals surface area contributed by atoms with E-state index in [2.05, 4.69) is 20.9 Å². The lowest BCUT2D eigenvalue weighted by Gasteiger charge is -2.13. The van der Waals surface area contributed by atoms with Crippen molar-refractivity contribution in [2.75, 3.05) is 17.7 Å². The molecule has 1 atom stereocenters. The second kappa shape index (κ2) is 9.61. The van der Waals surface area contributed by atoms with Gasteiger partial charge in [0.25, 0.3) is 5.91 Å². The number of methoxy groups -OCH3 is 1. The highest BCUT2D eigenvalue weighted by atomic mass is 32.1. The molecule has 0 spiro atoms. The summed E-state index contributed by atoms with van der Waals surface area (Å²) in [5.41, 5.74) is 1.80.